The number of aromatic nitrogens is 2. The molecule has 3 heteroatoms. The smallest absolute Gasteiger partial charge is 0.128 e. The van der Waals surface area contributed by atoms with Gasteiger partial charge in [0.05, 0.1) is 0 Å². The first-order valence-corrected chi connectivity index (χ1v) is 8.43. The van der Waals surface area contributed by atoms with Gasteiger partial charge in [0.2, 0.25) is 0 Å². The van der Waals surface area contributed by atoms with E-state index in [9.17, 15) is 0 Å². The van der Waals surface area contributed by atoms with Gasteiger partial charge in [0, 0.05) is 36.7 Å². The minimum absolute atomic E-state index is 0.982. The average Bonchev–Trinajstić information content (AvgIpc) is 3.40. The van der Waals surface area contributed by atoms with Crippen LogP contribution in [0, 0.1) is 18.8 Å². The Bertz CT molecular complexity index is 638. The number of aryl methyl sites for hydroxylation is 1. The molecule has 0 unspecified atom stereocenters. The number of hydrogen-bond acceptors (Lipinski definition) is 3. The van der Waals surface area contributed by atoms with E-state index in [-0.39, 0.29) is 0 Å². The fourth-order valence-corrected chi connectivity index (χ4v) is 3.64. The van der Waals surface area contributed by atoms with E-state index in [4.69, 9.17) is 4.98 Å². The molecule has 0 radical (unpaired) electrons. The lowest BCUT2D eigenvalue weighted by molar-refractivity contribution is 0.362. The van der Waals surface area contributed by atoms with Gasteiger partial charge in [-0.05, 0) is 74.3 Å². The van der Waals surface area contributed by atoms with Gasteiger partial charge in [-0.3, -0.25) is 4.98 Å². The van der Waals surface area contributed by atoms with Crippen LogP contribution < -0.4 is 4.90 Å². The van der Waals surface area contributed by atoms with Crippen LogP contribution in [-0.4, -0.2) is 23.1 Å². The molecule has 1 aliphatic heterocycles. The van der Waals surface area contributed by atoms with Gasteiger partial charge in [0.1, 0.15) is 5.82 Å². The van der Waals surface area contributed by atoms with Crippen molar-refractivity contribution in [2.75, 3.05) is 18.0 Å². The molecule has 1 saturated carbocycles. The summed E-state index contributed by atoms with van der Waals surface area (Å²) in [5.74, 6) is 3.16. The molecule has 2 aromatic heterocycles. The summed E-state index contributed by atoms with van der Waals surface area (Å²) in [5, 5.41) is 0. The molecule has 114 valence electrons. The molecule has 0 atom stereocenters. The monoisotopic (exact) mass is 293 g/mol. The summed E-state index contributed by atoms with van der Waals surface area (Å²) in [7, 11) is 0. The molecule has 2 aromatic rings. The Morgan fingerprint density at radius 2 is 1.68 bits per heavy atom. The standard InChI is InChI=1S/C19H23N3/c1-14-12-17(6-9-20-14)18-4-5-19(21-13-18)22-10-7-16(8-11-22)15-2-3-15/h4-6,9,12-13,15-16H,2-3,7-8,10-11H2,1H3. The number of anilines is 1. The summed E-state index contributed by atoms with van der Waals surface area (Å²) in [6.45, 7) is 4.36. The Morgan fingerprint density at radius 1 is 0.909 bits per heavy atom. The van der Waals surface area contributed by atoms with E-state index in [1.165, 1.54) is 49.9 Å². The van der Waals surface area contributed by atoms with Crippen LogP contribution in [0.15, 0.2) is 36.7 Å². The van der Waals surface area contributed by atoms with E-state index in [1.54, 1.807) is 0 Å². The topological polar surface area (TPSA) is 29.0 Å². The van der Waals surface area contributed by atoms with Gasteiger partial charge in [-0.15, -0.1) is 0 Å². The van der Waals surface area contributed by atoms with Crippen LogP contribution in [0.1, 0.15) is 31.4 Å². The van der Waals surface area contributed by atoms with Crippen molar-refractivity contribution in [1.82, 2.24) is 9.97 Å². The van der Waals surface area contributed by atoms with Gasteiger partial charge in [0.15, 0.2) is 0 Å². The summed E-state index contributed by atoms with van der Waals surface area (Å²) in [5.41, 5.74) is 3.41. The van der Waals surface area contributed by atoms with Gasteiger partial charge in [-0.2, -0.15) is 0 Å². The number of nitrogens with zero attached hydrogens (tertiary/aromatic N) is 3. The van der Waals surface area contributed by atoms with Gasteiger partial charge in [-0.25, -0.2) is 4.98 Å². The molecule has 0 N–H and O–H groups in total. The SMILES string of the molecule is Cc1cc(-c2ccc(N3CCC(C4CC4)CC3)nc2)ccn1. The lowest BCUT2D eigenvalue weighted by Crippen LogP contribution is -2.34. The highest BCUT2D eigenvalue weighted by molar-refractivity contribution is 5.63. The minimum Gasteiger partial charge on any atom is -0.357 e. The Hall–Kier alpha value is -1.90. The summed E-state index contributed by atoms with van der Waals surface area (Å²) in [6, 6.07) is 8.51. The summed E-state index contributed by atoms with van der Waals surface area (Å²) in [4.78, 5) is 11.4. The van der Waals surface area contributed by atoms with Gasteiger partial charge in [-0.1, -0.05) is 0 Å². The maximum atomic E-state index is 4.70. The number of hydrogen-bond donors (Lipinski definition) is 0. The Labute approximate surface area is 132 Å². The van der Waals surface area contributed by atoms with Crippen LogP contribution >= 0.6 is 0 Å². The van der Waals surface area contributed by atoms with Gasteiger partial charge < -0.3 is 4.90 Å². The van der Waals surface area contributed by atoms with Crippen molar-refractivity contribution in [2.45, 2.75) is 32.6 Å². The fraction of sp³-hybridized carbons (Fsp3) is 0.474. The third-order valence-corrected chi connectivity index (χ3v) is 5.13. The molecule has 0 aromatic carbocycles. The average molecular weight is 293 g/mol. The molecular formula is C19H23N3. The minimum atomic E-state index is 0.982. The maximum Gasteiger partial charge on any atom is 0.128 e. The summed E-state index contributed by atoms with van der Waals surface area (Å²) in [6.07, 6.45) is 9.50. The highest BCUT2D eigenvalue weighted by Gasteiger charge is 2.33. The van der Waals surface area contributed by atoms with Crippen molar-refractivity contribution in [2.24, 2.45) is 11.8 Å². The first-order valence-electron chi connectivity index (χ1n) is 8.43. The van der Waals surface area contributed by atoms with E-state index in [0.29, 0.717) is 0 Å². The van der Waals surface area contributed by atoms with Crippen LogP contribution in [0.3, 0.4) is 0 Å². The molecule has 3 nitrogen and oxygen atoms in total. The number of piperidine rings is 1. The van der Waals surface area contributed by atoms with E-state index in [2.05, 4.69) is 28.1 Å². The molecule has 1 aliphatic carbocycles. The first kappa shape index (κ1) is 13.7. The molecular weight excluding hydrogens is 270 g/mol. The fourth-order valence-electron chi connectivity index (χ4n) is 3.64. The molecule has 0 spiro atoms. The van der Waals surface area contributed by atoms with Crippen LogP contribution in [0.4, 0.5) is 5.82 Å². The van der Waals surface area contributed by atoms with E-state index in [0.717, 1.165) is 23.3 Å². The van der Waals surface area contributed by atoms with Crippen molar-refractivity contribution in [3.63, 3.8) is 0 Å². The van der Waals surface area contributed by atoms with E-state index >= 15 is 0 Å². The zero-order valence-electron chi connectivity index (χ0n) is 13.2. The predicted octanol–water partition coefficient (Wildman–Crippen LogP) is 4.08. The molecule has 1 saturated heterocycles. The van der Waals surface area contributed by atoms with Crippen molar-refractivity contribution >= 4 is 5.82 Å². The van der Waals surface area contributed by atoms with Crippen molar-refractivity contribution < 1.29 is 0 Å². The van der Waals surface area contributed by atoms with E-state index < -0.39 is 0 Å². The highest BCUT2D eigenvalue weighted by atomic mass is 15.2. The summed E-state index contributed by atoms with van der Waals surface area (Å²) < 4.78 is 0. The van der Waals surface area contributed by atoms with Crippen LogP contribution in [0.5, 0.6) is 0 Å². The van der Waals surface area contributed by atoms with Crippen LogP contribution in [-0.2, 0) is 0 Å². The first-order chi connectivity index (χ1) is 10.8. The second-order valence-electron chi connectivity index (χ2n) is 6.75. The lowest BCUT2D eigenvalue weighted by atomic mass is 9.92. The Balaban J connectivity index is 1.45. The maximum absolute atomic E-state index is 4.70. The number of pyridine rings is 2. The lowest BCUT2D eigenvalue weighted by Gasteiger charge is -2.33. The van der Waals surface area contributed by atoms with E-state index in [1.807, 2.05) is 25.4 Å². The van der Waals surface area contributed by atoms with Crippen LogP contribution in [0.25, 0.3) is 11.1 Å². The second-order valence-corrected chi connectivity index (χ2v) is 6.75. The highest BCUT2D eigenvalue weighted by Crippen LogP contribution is 2.42. The zero-order chi connectivity index (χ0) is 14.9. The molecule has 0 bridgehead atoms. The van der Waals surface area contributed by atoms with Crippen molar-refractivity contribution in [1.29, 1.82) is 0 Å². The quantitative estimate of drug-likeness (QED) is 0.854. The zero-order valence-corrected chi connectivity index (χ0v) is 13.2. The molecule has 2 fully saturated rings. The van der Waals surface area contributed by atoms with Gasteiger partial charge in [0.25, 0.3) is 0 Å². The third-order valence-electron chi connectivity index (χ3n) is 5.13. The largest absolute Gasteiger partial charge is 0.357 e. The molecule has 2 aliphatic rings. The van der Waals surface area contributed by atoms with Crippen molar-refractivity contribution in [3.8, 4) is 11.1 Å². The molecule has 22 heavy (non-hydrogen) atoms. The molecule has 0 amide bonds. The molecule has 3 heterocycles. The van der Waals surface area contributed by atoms with Crippen LogP contribution in [0.2, 0.25) is 0 Å². The normalized spacial score (nSPS) is 19.4. The van der Waals surface area contributed by atoms with Crippen molar-refractivity contribution in [3.05, 3.63) is 42.4 Å². The van der Waals surface area contributed by atoms with Gasteiger partial charge >= 0.3 is 0 Å². The second kappa shape index (κ2) is 5.71. The summed E-state index contributed by atoms with van der Waals surface area (Å²) >= 11 is 0. The molecule has 4 rings (SSSR count). The Kier molecular flexibility index (Phi) is 3.57. The third kappa shape index (κ3) is 2.85. The predicted molar refractivity (Wildman–Crippen MR) is 89.9 cm³/mol. The Morgan fingerprint density at radius 3 is 2.32 bits per heavy atom. The number of rotatable bonds is 3.